The lowest BCUT2D eigenvalue weighted by molar-refractivity contribution is -0.142. The van der Waals surface area contributed by atoms with Gasteiger partial charge < -0.3 is 4.74 Å². The summed E-state index contributed by atoms with van der Waals surface area (Å²) in [6.07, 6.45) is 8.01. The van der Waals surface area contributed by atoms with E-state index in [1.165, 1.54) is 12.5 Å². The van der Waals surface area contributed by atoms with Crippen LogP contribution in [-0.4, -0.2) is 22.5 Å². The second kappa shape index (κ2) is 7.75. The third kappa shape index (κ3) is 4.32. The molecule has 1 aliphatic carbocycles. The quantitative estimate of drug-likeness (QED) is 0.599. The van der Waals surface area contributed by atoms with Crippen molar-refractivity contribution in [2.24, 2.45) is 5.92 Å². The standard InChI is InChI=1S/C19H21ClN2O2/c1-13(23)24-12-14-2-4-15(5-3-14)16-6-8-17(9-7-16)18-10-21-19(20)22-11-18/h6-11,14-15H,2-5,12H2,1H3. The highest BCUT2D eigenvalue weighted by atomic mass is 35.5. The maximum absolute atomic E-state index is 10.9. The lowest BCUT2D eigenvalue weighted by atomic mass is 9.79. The Kier molecular flexibility index (Phi) is 5.46. The summed E-state index contributed by atoms with van der Waals surface area (Å²) in [5.74, 6) is 0.920. The van der Waals surface area contributed by atoms with E-state index in [4.69, 9.17) is 16.3 Å². The molecule has 0 spiro atoms. The largest absolute Gasteiger partial charge is 0.466 e. The predicted octanol–water partition coefficient (Wildman–Crippen LogP) is 4.63. The van der Waals surface area contributed by atoms with Gasteiger partial charge >= 0.3 is 5.97 Å². The molecule has 24 heavy (non-hydrogen) atoms. The van der Waals surface area contributed by atoms with Crippen molar-refractivity contribution in [2.45, 2.75) is 38.5 Å². The van der Waals surface area contributed by atoms with Gasteiger partial charge in [0.25, 0.3) is 0 Å². The summed E-state index contributed by atoms with van der Waals surface area (Å²) in [5.41, 5.74) is 3.44. The summed E-state index contributed by atoms with van der Waals surface area (Å²) in [4.78, 5) is 19.0. The molecule has 1 aliphatic rings. The lowest BCUT2D eigenvalue weighted by Crippen LogP contribution is -2.19. The number of esters is 1. The number of carbonyl (C=O) groups excluding carboxylic acids is 1. The van der Waals surface area contributed by atoms with E-state index in [0.29, 0.717) is 18.4 Å². The zero-order valence-corrected chi connectivity index (χ0v) is 14.5. The van der Waals surface area contributed by atoms with Crippen LogP contribution in [0, 0.1) is 5.92 Å². The number of ether oxygens (including phenoxy) is 1. The van der Waals surface area contributed by atoms with Crippen LogP contribution in [0.4, 0.5) is 0 Å². The van der Waals surface area contributed by atoms with E-state index in [2.05, 4.69) is 34.2 Å². The molecule has 2 aromatic rings. The molecule has 4 nitrogen and oxygen atoms in total. The summed E-state index contributed by atoms with van der Waals surface area (Å²) < 4.78 is 5.14. The van der Waals surface area contributed by atoms with Crippen LogP contribution in [0.25, 0.3) is 11.1 Å². The molecule has 5 heteroatoms. The Morgan fingerprint density at radius 2 is 1.71 bits per heavy atom. The first-order valence-electron chi connectivity index (χ1n) is 8.33. The van der Waals surface area contributed by atoms with Crippen LogP contribution in [-0.2, 0) is 9.53 Å². The summed E-state index contributed by atoms with van der Waals surface area (Å²) in [6, 6.07) is 8.63. The first-order chi connectivity index (χ1) is 11.6. The van der Waals surface area contributed by atoms with Crippen molar-refractivity contribution in [3.63, 3.8) is 0 Å². The zero-order chi connectivity index (χ0) is 16.9. The number of rotatable bonds is 4. The van der Waals surface area contributed by atoms with Gasteiger partial charge in [0.2, 0.25) is 5.28 Å². The van der Waals surface area contributed by atoms with Gasteiger partial charge in [-0.1, -0.05) is 24.3 Å². The fourth-order valence-corrected chi connectivity index (χ4v) is 3.40. The summed E-state index contributed by atoms with van der Waals surface area (Å²) in [6.45, 7) is 2.04. The Morgan fingerprint density at radius 3 is 2.29 bits per heavy atom. The predicted molar refractivity (Wildman–Crippen MR) is 93.8 cm³/mol. The van der Waals surface area contributed by atoms with Crippen molar-refractivity contribution in [1.82, 2.24) is 9.97 Å². The van der Waals surface area contributed by atoms with E-state index in [0.717, 1.165) is 36.8 Å². The smallest absolute Gasteiger partial charge is 0.302 e. The maximum Gasteiger partial charge on any atom is 0.302 e. The summed E-state index contributed by atoms with van der Waals surface area (Å²) in [5, 5.41) is 0.265. The molecule has 1 aromatic heterocycles. The molecule has 126 valence electrons. The van der Waals surface area contributed by atoms with Crippen LogP contribution in [0.3, 0.4) is 0 Å². The van der Waals surface area contributed by atoms with E-state index in [9.17, 15) is 4.79 Å². The van der Waals surface area contributed by atoms with Crippen LogP contribution < -0.4 is 0 Å². The Hall–Kier alpha value is -1.94. The molecular formula is C19H21ClN2O2. The zero-order valence-electron chi connectivity index (χ0n) is 13.7. The average Bonchev–Trinajstić information content (AvgIpc) is 2.61. The van der Waals surface area contributed by atoms with Crippen molar-refractivity contribution in [2.75, 3.05) is 6.61 Å². The van der Waals surface area contributed by atoms with E-state index in [1.807, 2.05) is 0 Å². The van der Waals surface area contributed by atoms with Gasteiger partial charge in [0, 0.05) is 24.9 Å². The molecule has 0 atom stereocenters. The third-order valence-corrected chi connectivity index (χ3v) is 4.90. The van der Waals surface area contributed by atoms with Gasteiger partial charge in [-0.3, -0.25) is 4.79 Å². The van der Waals surface area contributed by atoms with Crippen molar-refractivity contribution in [3.05, 3.63) is 47.5 Å². The number of aromatic nitrogens is 2. The molecule has 0 saturated heterocycles. The van der Waals surface area contributed by atoms with E-state index in [-0.39, 0.29) is 11.3 Å². The minimum absolute atomic E-state index is 0.182. The topological polar surface area (TPSA) is 52.1 Å². The van der Waals surface area contributed by atoms with Crippen molar-refractivity contribution in [1.29, 1.82) is 0 Å². The SMILES string of the molecule is CC(=O)OCC1CCC(c2ccc(-c3cnc(Cl)nc3)cc2)CC1. The highest BCUT2D eigenvalue weighted by Crippen LogP contribution is 2.36. The second-order valence-electron chi connectivity index (χ2n) is 6.38. The molecule has 0 aliphatic heterocycles. The molecule has 0 radical (unpaired) electrons. The molecular weight excluding hydrogens is 324 g/mol. The highest BCUT2D eigenvalue weighted by Gasteiger charge is 2.23. The number of halogens is 1. The van der Waals surface area contributed by atoms with Gasteiger partial charge in [-0.2, -0.15) is 0 Å². The van der Waals surface area contributed by atoms with Crippen LogP contribution in [0.15, 0.2) is 36.7 Å². The van der Waals surface area contributed by atoms with Gasteiger partial charge in [0.15, 0.2) is 0 Å². The van der Waals surface area contributed by atoms with E-state index < -0.39 is 0 Å². The lowest BCUT2D eigenvalue weighted by Gasteiger charge is -2.28. The Morgan fingerprint density at radius 1 is 1.08 bits per heavy atom. The highest BCUT2D eigenvalue weighted by molar-refractivity contribution is 6.28. The Balaban J connectivity index is 1.58. The number of nitrogens with zero attached hydrogens (tertiary/aromatic N) is 2. The van der Waals surface area contributed by atoms with E-state index >= 15 is 0 Å². The van der Waals surface area contributed by atoms with Crippen LogP contribution in [0.5, 0.6) is 0 Å². The van der Waals surface area contributed by atoms with Crippen LogP contribution >= 0.6 is 11.6 Å². The summed E-state index contributed by atoms with van der Waals surface area (Å²) >= 11 is 5.73. The number of benzene rings is 1. The molecule has 1 fully saturated rings. The second-order valence-corrected chi connectivity index (χ2v) is 6.72. The van der Waals surface area contributed by atoms with Crippen molar-refractivity contribution < 1.29 is 9.53 Å². The van der Waals surface area contributed by atoms with E-state index in [1.54, 1.807) is 12.4 Å². The van der Waals surface area contributed by atoms with Gasteiger partial charge in [-0.15, -0.1) is 0 Å². The van der Waals surface area contributed by atoms with Crippen LogP contribution in [0.2, 0.25) is 5.28 Å². The molecule has 0 unspecified atom stereocenters. The Bertz CT molecular complexity index is 678. The van der Waals surface area contributed by atoms with Crippen LogP contribution in [0.1, 0.15) is 44.1 Å². The molecule has 0 bridgehead atoms. The summed E-state index contributed by atoms with van der Waals surface area (Å²) in [7, 11) is 0. The third-order valence-electron chi connectivity index (χ3n) is 4.70. The first-order valence-corrected chi connectivity index (χ1v) is 8.71. The fourth-order valence-electron chi connectivity index (χ4n) is 3.31. The normalized spacial score (nSPS) is 20.6. The van der Waals surface area contributed by atoms with Gasteiger partial charge in [0.05, 0.1) is 6.61 Å². The Labute approximate surface area is 147 Å². The minimum atomic E-state index is -0.182. The average molecular weight is 345 g/mol. The van der Waals surface area contributed by atoms with Crippen molar-refractivity contribution in [3.8, 4) is 11.1 Å². The molecule has 0 N–H and O–H groups in total. The fraction of sp³-hybridized carbons (Fsp3) is 0.421. The number of hydrogen-bond acceptors (Lipinski definition) is 4. The van der Waals surface area contributed by atoms with Gasteiger partial charge in [-0.05, 0) is 60.2 Å². The number of carbonyl (C=O) groups is 1. The monoisotopic (exact) mass is 344 g/mol. The molecule has 1 heterocycles. The van der Waals surface area contributed by atoms with Gasteiger partial charge in [-0.25, -0.2) is 9.97 Å². The minimum Gasteiger partial charge on any atom is -0.466 e. The molecule has 3 rings (SSSR count). The first kappa shape index (κ1) is 16.9. The molecule has 1 saturated carbocycles. The number of hydrogen-bond donors (Lipinski definition) is 0. The maximum atomic E-state index is 10.9. The van der Waals surface area contributed by atoms with Gasteiger partial charge in [0.1, 0.15) is 0 Å². The van der Waals surface area contributed by atoms with Crippen molar-refractivity contribution >= 4 is 17.6 Å². The molecule has 0 amide bonds. The molecule has 1 aromatic carbocycles.